The van der Waals surface area contributed by atoms with Crippen LogP contribution in [0.2, 0.25) is 0 Å². The smallest absolute Gasteiger partial charge is 0.148 e. The first kappa shape index (κ1) is 12.7. The zero-order valence-electron chi connectivity index (χ0n) is 11.3. The van der Waals surface area contributed by atoms with Gasteiger partial charge >= 0.3 is 0 Å². The van der Waals surface area contributed by atoms with Crippen LogP contribution in [0.3, 0.4) is 0 Å². The molecule has 0 amide bonds. The average molecular weight is 263 g/mol. The van der Waals surface area contributed by atoms with E-state index in [0.29, 0.717) is 11.4 Å². The van der Waals surface area contributed by atoms with E-state index in [1.54, 1.807) is 12.1 Å². The molecule has 1 heterocycles. The number of hydrogen-bond acceptors (Lipinski definition) is 3. The second kappa shape index (κ2) is 5.37. The first-order chi connectivity index (χ1) is 9.25. The molecule has 2 aliphatic rings. The molecular formula is C15H22FN3. The fourth-order valence-electron chi connectivity index (χ4n) is 3.45. The third kappa shape index (κ3) is 2.54. The Bertz CT molecular complexity index is 415. The Labute approximate surface area is 114 Å². The lowest BCUT2D eigenvalue weighted by Crippen LogP contribution is -2.50. The summed E-state index contributed by atoms with van der Waals surface area (Å²) in [6, 6.07) is 5.71. The number of piperazine rings is 1. The summed E-state index contributed by atoms with van der Waals surface area (Å²) in [4.78, 5) is 4.66. The van der Waals surface area contributed by atoms with Gasteiger partial charge in [-0.3, -0.25) is 4.90 Å². The van der Waals surface area contributed by atoms with Gasteiger partial charge in [0.2, 0.25) is 0 Å². The number of para-hydroxylation sites is 1. The fraction of sp³-hybridized carbons (Fsp3) is 0.600. The van der Waals surface area contributed by atoms with E-state index < -0.39 is 0 Å². The van der Waals surface area contributed by atoms with E-state index in [0.717, 1.165) is 32.2 Å². The highest BCUT2D eigenvalue weighted by Gasteiger charge is 2.27. The van der Waals surface area contributed by atoms with Gasteiger partial charge in [-0.2, -0.15) is 0 Å². The van der Waals surface area contributed by atoms with Crippen LogP contribution >= 0.6 is 0 Å². The highest BCUT2D eigenvalue weighted by molar-refractivity contribution is 5.68. The predicted molar refractivity (Wildman–Crippen MR) is 76.9 cm³/mol. The van der Waals surface area contributed by atoms with Crippen LogP contribution in [0.25, 0.3) is 0 Å². The van der Waals surface area contributed by atoms with Gasteiger partial charge in [0.15, 0.2) is 0 Å². The maximum absolute atomic E-state index is 13.9. The molecule has 1 aliphatic carbocycles. The van der Waals surface area contributed by atoms with Gasteiger partial charge in [-0.25, -0.2) is 4.39 Å². The minimum atomic E-state index is -0.200. The third-order valence-electron chi connectivity index (χ3n) is 4.49. The minimum Gasteiger partial charge on any atom is -0.397 e. The van der Waals surface area contributed by atoms with Gasteiger partial charge in [0, 0.05) is 32.2 Å². The minimum absolute atomic E-state index is 0.200. The molecule has 1 aromatic rings. The van der Waals surface area contributed by atoms with Crippen LogP contribution in [-0.2, 0) is 0 Å². The molecule has 19 heavy (non-hydrogen) atoms. The van der Waals surface area contributed by atoms with Crippen LogP contribution in [0.15, 0.2) is 18.2 Å². The second-order valence-corrected chi connectivity index (χ2v) is 5.64. The van der Waals surface area contributed by atoms with Crippen molar-refractivity contribution in [1.29, 1.82) is 0 Å². The maximum atomic E-state index is 13.9. The summed E-state index contributed by atoms with van der Waals surface area (Å²) in [5.74, 6) is -0.200. The Morgan fingerprint density at radius 3 is 2.37 bits per heavy atom. The van der Waals surface area contributed by atoms with Gasteiger partial charge in [0.05, 0.1) is 11.4 Å². The number of benzene rings is 1. The van der Waals surface area contributed by atoms with E-state index in [1.165, 1.54) is 31.7 Å². The standard InChI is InChI=1S/C15H22FN3/c16-13-6-3-7-14(17)15(13)19-10-8-18(9-11-19)12-4-1-2-5-12/h3,6-7,12H,1-2,4-5,8-11,17H2. The Kier molecular flexibility index (Phi) is 3.60. The third-order valence-corrected chi connectivity index (χ3v) is 4.49. The van der Waals surface area contributed by atoms with Crippen molar-refractivity contribution < 1.29 is 4.39 Å². The Hall–Kier alpha value is -1.29. The summed E-state index contributed by atoms with van der Waals surface area (Å²) in [5.41, 5.74) is 7.06. The second-order valence-electron chi connectivity index (χ2n) is 5.64. The largest absolute Gasteiger partial charge is 0.397 e. The lowest BCUT2D eigenvalue weighted by molar-refractivity contribution is 0.187. The predicted octanol–water partition coefficient (Wildman–Crippen LogP) is 2.47. The molecule has 104 valence electrons. The van der Waals surface area contributed by atoms with E-state index in [9.17, 15) is 4.39 Å². The number of nitrogens with two attached hydrogens (primary N) is 1. The molecule has 4 heteroatoms. The van der Waals surface area contributed by atoms with Gasteiger partial charge in [0.1, 0.15) is 5.82 Å². The molecule has 1 aromatic carbocycles. The monoisotopic (exact) mass is 263 g/mol. The molecule has 2 fully saturated rings. The number of anilines is 2. The molecule has 1 saturated carbocycles. The van der Waals surface area contributed by atoms with Gasteiger partial charge in [-0.1, -0.05) is 18.9 Å². The molecule has 1 saturated heterocycles. The van der Waals surface area contributed by atoms with E-state index in [1.807, 2.05) is 0 Å². The van der Waals surface area contributed by atoms with Gasteiger partial charge in [-0.05, 0) is 25.0 Å². The number of rotatable bonds is 2. The zero-order chi connectivity index (χ0) is 13.2. The summed E-state index contributed by atoms with van der Waals surface area (Å²) in [6.45, 7) is 3.81. The number of nitrogens with zero attached hydrogens (tertiary/aromatic N) is 2. The van der Waals surface area contributed by atoms with Crippen LogP contribution in [0.4, 0.5) is 15.8 Å². The van der Waals surface area contributed by atoms with Crippen LogP contribution in [0.5, 0.6) is 0 Å². The lowest BCUT2D eigenvalue weighted by Gasteiger charge is -2.39. The summed E-state index contributed by atoms with van der Waals surface area (Å²) < 4.78 is 13.9. The van der Waals surface area contributed by atoms with Crippen molar-refractivity contribution >= 4 is 11.4 Å². The quantitative estimate of drug-likeness (QED) is 0.832. The first-order valence-electron chi connectivity index (χ1n) is 7.28. The van der Waals surface area contributed by atoms with Crippen LogP contribution in [-0.4, -0.2) is 37.1 Å². The lowest BCUT2D eigenvalue weighted by atomic mass is 10.1. The zero-order valence-corrected chi connectivity index (χ0v) is 11.3. The first-order valence-corrected chi connectivity index (χ1v) is 7.28. The van der Waals surface area contributed by atoms with Crippen molar-refractivity contribution in [1.82, 2.24) is 4.90 Å². The fourth-order valence-corrected chi connectivity index (χ4v) is 3.45. The highest BCUT2D eigenvalue weighted by Crippen LogP contribution is 2.29. The molecule has 0 bridgehead atoms. The maximum Gasteiger partial charge on any atom is 0.148 e. The molecule has 0 radical (unpaired) electrons. The van der Waals surface area contributed by atoms with E-state index >= 15 is 0 Å². The van der Waals surface area contributed by atoms with Gasteiger partial charge < -0.3 is 10.6 Å². The molecule has 0 atom stereocenters. The van der Waals surface area contributed by atoms with E-state index in [-0.39, 0.29) is 5.82 Å². The van der Waals surface area contributed by atoms with Gasteiger partial charge in [0.25, 0.3) is 0 Å². The molecular weight excluding hydrogens is 241 g/mol. The number of halogens is 1. The molecule has 2 N–H and O–H groups in total. The number of nitrogen functional groups attached to an aromatic ring is 1. The van der Waals surface area contributed by atoms with Crippen molar-refractivity contribution in [2.75, 3.05) is 36.8 Å². The Morgan fingerprint density at radius 2 is 1.74 bits per heavy atom. The van der Waals surface area contributed by atoms with Crippen molar-refractivity contribution in [3.8, 4) is 0 Å². The van der Waals surface area contributed by atoms with E-state index in [2.05, 4.69) is 9.80 Å². The normalized spacial score (nSPS) is 22.1. The average Bonchev–Trinajstić information content (AvgIpc) is 2.93. The summed E-state index contributed by atoms with van der Waals surface area (Å²) in [6.07, 6.45) is 5.40. The van der Waals surface area contributed by atoms with E-state index in [4.69, 9.17) is 5.73 Å². The van der Waals surface area contributed by atoms with Crippen molar-refractivity contribution in [3.05, 3.63) is 24.0 Å². The molecule has 3 nitrogen and oxygen atoms in total. The summed E-state index contributed by atoms with van der Waals surface area (Å²) in [5, 5.41) is 0. The van der Waals surface area contributed by atoms with Crippen molar-refractivity contribution in [2.45, 2.75) is 31.7 Å². The SMILES string of the molecule is Nc1cccc(F)c1N1CCN(C2CCCC2)CC1. The molecule has 0 aromatic heterocycles. The van der Waals surface area contributed by atoms with Crippen molar-refractivity contribution in [3.63, 3.8) is 0 Å². The Balaban J connectivity index is 1.66. The van der Waals surface area contributed by atoms with Crippen LogP contribution in [0.1, 0.15) is 25.7 Å². The molecule has 3 rings (SSSR count). The summed E-state index contributed by atoms with van der Waals surface area (Å²) in [7, 11) is 0. The summed E-state index contributed by atoms with van der Waals surface area (Å²) >= 11 is 0. The Morgan fingerprint density at radius 1 is 1.05 bits per heavy atom. The van der Waals surface area contributed by atoms with Gasteiger partial charge in [-0.15, -0.1) is 0 Å². The van der Waals surface area contributed by atoms with Crippen LogP contribution < -0.4 is 10.6 Å². The van der Waals surface area contributed by atoms with Crippen molar-refractivity contribution in [2.24, 2.45) is 0 Å². The molecule has 1 aliphatic heterocycles. The van der Waals surface area contributed by atoms with Crippen LogP contribution in [0, 0.1) is 5.82 Å². The number of hydrogen-bond donors (Lipinski definition) is 1. The molecule has 0 unspecified atom stereocenters. The highest BCUT2D eigenvalue weighted by atomic mass is 19.1. The topological polar surface area (TPSA) is 32.5 Å². The molecule has 0 spiro atoms.